The van der Waals surface area contributed by atoms with Gasteiger partial charge in [-0.1, -0.05) is 29.8 Å². The van der Waals surface area contributed by atoms with E-state index in [0.29, 0.717) is 5.82 Å². The van der Waals surface area contributed by atoms with E-state index in [4.69, 9.17) is 0 Å². The minimum atomic E-state index is -0.937. The fourth-order valence-corrected chi connectivity index (χ4v) is 2.04. The normalized spacial score (nSPS) is 11.5. The second-order valence-corrected chi connectivity index (χ2v) is 6.07. The molecule has 1 aromatic carbocycles. The van der Waals surface area contributed by atoms with Crippen LogP contribution in [-0.2, 0) is 11.3 Å². The van der Waals surface area contributed by atoms with Crippen molar-refractivity contribution in [3.8, 4) is 11.4 Å². The number of likely N-dealkylation sites (N-methyl/N-ethyl adjacent to an activating group) is 1. The first-order valence-electron chi connectivity index (χ1n) is 7.06. The molecule has 1 aromatic heterocycles. The van der Waals surface area contributed by atoms with Gasteiger partial charge >= 0.3 is 0 Å². The van der Waals surface area contributed by atoms with Gasteiger partial charge in [0.1, 0.15) is 6.54 Å². The first-order chi connectivity index (χ1) is 10.2. The van der Waals surface area contributed by atoms with Crippen LogP contribution >= 0.6 is 0 Å². The highest BCUT2D eigenvalue weighted by molar-refractivity contribution is 5.75. The van der Waals surface area contributed by atoms with Gasteiger partial charge in [-0.25, -0.2) is 0 Å². The van der Waals surface area contributed by atoms with E-state index < -0.39 is 5.60 Å². The number of tetrazole rings is 1. The SMILES string of the molecule is Cc1ccc(-c2nnn(CC(=O)N(C)CC(C)(C)O)n2)cc1. The molecule has 0 saturated heterocycles. The van der Waals surface area contributed by atoms with Crippen LogP contribution in [0.1, 0.15) is 19.4 Å². The molecule has 0 atom stereocenters. The number of carbonyl (C=O) groups excluding carboxylic acids is 1. The van der Waals surface area contributed by atoms with E-state index in [0.717, 1.165) is 11.1 Å². The van der Waals surface area contributed by atoms with Gasteiger partial charge in [0.25, 0.3) is 0 Å². The maximum Gasteiger partial charge on any atom is 0.246 e. The smallest absolute Gasteiger partial charge is 0.246 e. The molecule has 0 unspecified atom stereocenters. The monoisotopic (exact) mass is 303 g/mol. The van der Waals surface area contributed by atoms with Crippen LogP contribution in [0, 0.1) is 6.92 Å². The topological polar surface area (TPSA) is 84.1 Å². The van der Waals surface area contributed by atoms with Crippen LogP contribution < -0.4 is 0 Å². The Morgan fingerprint density at radius 3 is 2.55 bits per heavy atom. The molecule has 1 heterocycles. The molecule has 0 saturated carbocycles. The number of hydrogen-bond donors (Lipinski definition) is 1. The van der Waals surface area contributed by atoms with Crippen LogP contribution in [0.4, 0.5) is 0 Å². The van der Waals surface area contributed by atoms with Gasteiger partial charge in [0, 0.05) is 19.2 Å². The molecular formula is C15H21N5O2. The molecule has 1 N–H and O–H groups in total. The number of carbonyl (C=O) groups is 1. The summed E-state index contributed by atoms with van der Waals surface area (Å²) in [5, 5.41) is 21.8. The molecule has 22 heavy (non-hydrogen) atoms. The summed E-state index contributed by atoms with van der Waals surface area (Å²) >= 11 is 0. The van der Waals surface area contributed by atoms with Crippen molar-refractivity contribution < 1.29 is 9.90 Å². The fourth-order valence-electron chi connectivity index (χ4n) is 2.04. The molecule has 0 fully saturated rings. The molecule has 0 aliphatic rings. The molecule has 0 aliphatic carbocycles. The van der Waals surface area contributed by atoms with Gasteiger partial charge in [0.05, 0.1) is 5.60 Å². The third kappa shape index (κ3) is 4.36. The maximum absolute atomic E-state index is 12.1. The summed E-state index contributed by atoms with van der Waals surface area (Å²) in [4.78, 5) is 14.8. The maximum atomic E-state index is 12.1. The Kier molecular flexibility index (Phi) is 4.56. The first kappa shape index (κ1) is 16.1. The number of benzene rings is 1. The lowest BCUT2D eigenvalue weighted by Gasteiger charge is -2.25. The molecule has 0 spiro atoms. The van der Waals surface area contributed by atoms with Crippen molar-refractivity contribution in [3.05, 3.63) is 29.8 Å². The molecule has 7 heteroatoms. The molecule has 0 aliphatic heterocycles. The van der Waals surface area contributed by atoms with E-state index in [1.165, 1.54) is 9.70 Å². The lowest BCUT2D eigenvalue weighted by molar-refractivity contribution is -0.133. The van der Waals surface area contributed by atoms with Crippen molar-refractivity contribution in [2.45, 2.75) is 32.9 Å². The highest BCUT2D eigenvalue weighted by Crippen LogP contribution is 2.14. The summed E-state index contributed by atoms with van der Waals surface area (Å²) in [6, 6.07) is 7.77. The van der Waals surface area contributed by atoms with E-state index in [-0.39, 0.29) is 19.0 Å². The molecule has 2 aromatic rings. The van der Waals surface area contributed by atoms with Crippen LogP contribution in [0.3, 0.4) is 0 Å². The Labute approximate surface area is 129 Å². The number of aryl methyl sites for hydroxylation is 1. The van der Waals surface area contributed by atoms with Crippen molar-refractivity contribution in [1.29, 1.82) is 0 Å². The van der Waals surface area contributed by atoms with E-state index in [1.807, 2.05) is 31.2 Å². The molecular weight excluding hydrogens is 282 g/mol. The summed E-state index contributed by atoms with van der Waals surface area (Å²) in [6.07, 6.45) is 0. The zero-order chi connectivity index (χ0) is 16.3. The van der Waals surface area contributed by atoms with E-state index in [1.54, 1.807) is 20.9 Å². The van der Waals surface area contributed by atoms with Gasteiger partial charge in [-0.2, -0.15) is 4.80 Å². The van der Waals surface area contributed by atoms with E-state index in [2.05, 4.69) is 15.4 Å². The Morgan fingerprint density at radius 2 is 1.95 bits per heavy atom. The Hall–Kier alpha value is -2.28. The van der Waals surface area contributed by atoms with Crippen LogP contribution in [0.2, 0.25) is 0 Å². The van der Waals surface area contributed by atoms with Crippen molar-refractivity contribution in [3.63, 3.8) is 0 Å². The Bertz CT molecular complexity index is 643. The van der Waals surface area contributed by atoms with E-state index >= 15 is 0 Å². The van der Waals surface area contributed by atoms with Gasteiger partial charge in [-0.3, -0.25) is 4.79 Å². The highest BCUT2D eigenvalue weighted by Gasteiger charge is 2.20. The predicted molar refractivity (Wildman–Crippen MR) is 81.9 cm³/mol. The predicted octanol–water partition coefficient (Wildman–Crippen LogP) is 0.878. The largest absolute Gasteiger partial charge is 0.389 e. The number of rotatable bonds is 5. The average Bonchev–Trinajstić information content (AvgIpc) is 2.86. The Balaban J connectivity index is 2.03. The second kappa shape index (κ2) is 6.23. The summed E-state index contributed by atoms with van der Waals surface area (Å²) in [5.74, 6) is 0.299. The van der Waals surface area contributed by atoms with Gasteiger partial charge in [0.2, 0.25) is 11.7 Å². The van der Waals surface area contributed by atoms with Crippen LogP contribution in [0.25, 0.3) is 11.4 Å². The standard InChI is InChI=1S/C15H21N5O2/c1-11-5-7-12(8-6-11)14-16-18-20(17-14)9-13(21)19(4)10-15(2,3)22/h5-8,22H,9-10H2,1-4H3. The van der Waals surface area contributed by atoms with Gasteiger partial charge in [-0.05, 0) is 26.0 Å². The average molecular weight is 303 g/mol. The van der Waals surface area contributed by atoms with Gasteiger partial charge < -0.3 is 10.0 Å². The Morgan fingerprint density at radius 1 is 1.32 bits per heavy atom. The third-order valence-corrected chi connectivity index (χ3v) is 3.09. The number of hydrogen-bond acceptors (Lipinski definition) is 5. The molecule has 2 rings (SSSR count). The minimum Gasteiger partial charge on any atom is -0.389 e. The quantitative estimate of drug-likeness (QED) is 0.886. The highest BCUT2D eigenvalue weighted by atomic mass is 16.3. The summed E-state index contributed by atoms with van der Waals surface area (Å²) < 4.78 is 0. The van der Waals surface area contributed by atoms with E-state index in [9.17, 15) is 9.90 Å². The zero-order valence-corrected chi connectivity index (χ0v) is 13.3. The molecule has 7 nitrogen and oxygen atoms in total. The molecule has 0 radical (unpaired) electrons. The summed E-state index contributed by atoms with van der Waals surface area (Å²) in [6.45, 7) is 5.54. The summed E-state index contributed by atoms with van der Waals surface area (Å²) in [7, 11) is 1.64. The molecule has 0 bridgehead atoms. The fraction of sp³-hybridized carbons (Fsp3) is 0.467. The second-order valence-electron chi connectivity index (χ2n) is 6.07. The van der Waals surface area contributed by atoms with Gasteiger partial charge in [0.15, 0.2) is 0 Å². The van der Waals surface area contributed by atoms with Crippen molar-refractivity contribution in [1.82, 2.24) is 25.1 Å². The van der Waals surface area contributed by atoms with Crippen molar-refractivity contribution >= 4 is 5.91 Å². The minimum absolute atomic E-state index is 0.00849. The zero-order valence-electron chi connectivity index (χ0n) is 13.3. The molecule has 1 amide bonds. The van der Waals surface area contributed by atoms with Crippen LogP contribution in [0.15, 0.2) is 24.3 Å². The lowest BCUT2D eigenvalue weighted by Crippen LogP contribution is -2.41. The lowest BCUT2D eigenvalue weighted by atomic mass is 10.1. The van der Waals surface area contributed by atoms with Crippen molar-refractivity contribution in [2.75, 3.05) is 13.6 Å². The summed E-state index contributed by atoms with van der Waals surface area (Å²) in [5.41, 5.74) is 1.07. The third-order valence-electron chi connectivity index (χ3n) is 3.09. The first-order valence-corrected chi connectivity index (χ1v) is 7.06. The number of amides is 1. The van der Waals surface area contributed by atoms with Crippen LogP contribution in [0.5, 0.6) is 0 Å². The molecule has 118 valence electrons. The van der Waals surface area contributed by atoms with Crippen molar-refractivity contribution in [2.24, 2.45) is 0 Å². The number of nitrogens with zero attached hydrogens (tertiary/aromatic N) is 5. The number of aromatic nitrogens is 4. The van der Waals surface area contributed by atoms with Gasteiger partial charge in [-0.15, -0.1) is 10.2 Å². The number of aliphatic hydroxyl groups is 1. The van der Waals surface area contributed by atoms with Crippen LogP contribution in [-0.4, -0.2) is 55.3 Å².